The molecule has 0 spiro atoms. The molecular formula is C13H13Cl2N3O. The molecule has 100 valence electrons. The maximum atomic E-state index is 12.2. The van der Waals surface area contributed by atoms with E-state index < -0.39 is 0 Å². The van der Waals surface area contributed by atoms with Crippen molar-refractivity contribution in [3.8, 4) is 0 Å². The molecule has 1 amide bonds. The fourth-order valence-electron chi connectivity index (χ4n) is 1.75. The zero-order valence-corrected chi connectivity index (χ0v) is 12.1. The quantitative estimate of drug-likeness (QED) is 0.945. The first kappa shape index (κ1) is 13.9. The van der Waals surface area contributed by atoms with Crippen LogP contribution >= 0.6 is 23.2 Å². The topological polar surface area (TPSA) is 49.0 Å². The Bertz CT molecular complexity index is 610. The minimum atomic E-state index is -0.0998. The van der Waals surface area contributed by atoms with E-state index in [0.29, 0.717) is 22.2 Å². The van der Waals surface area contributed by atoms with Crippen molar-refractivity contribution in [2.75, 3.05) is 7.05 Å². The van der Waals surface area contributed by atoms with Gasteiger partial charge >= 0.3 is 0 Å². The van der Waals surface area contributed by atoms with Crippen LogP contribution < -0.4 is 0 Å². The predicted octanol–water partition coefficient (Wildman–Crippen LogP) is 3.30. The molecule has 2 aromatic rings. The van der Waals surface area contributed by atoms with E-state index in [1.54, 1.807) is 24.1 Å². The number of aromatic nitrogens is 2. The van der Waals surface area contributed by atoms with Crippen molar-refractivity contribution < 1.29 is 4.79 Å². The van der Waals surface area contributed by atoms with Gasteiger partial charge in [-0.1, -0.05) is 29.3 Å². The molecule has 4 nitrogen and oxygen atoms in total. The van der Waals surface area contributed by atoms with Crippen LogP contribution in [0, 0.1) is 6.92 Å². The van der Waals surface area contributed by atoms with Crippen LogP contribution in [0.5, 0.6) is 0 Å². The molecule has 0 saturated carbocycles. The first-order valence-electron chi connectivity index (χ1n) is 5.68. The molecule has 0 radical (unpaired) electrons. The zero-order valence-electron chi connectivity index (χ0n) is 10.6. The van der Waals surface area contributed by atoms with Gasteiger partial charge in [-0.25, -0.2) is 0 Å². The van der Waals surface area contributed by atoms with Crippen molar-refractivity contribution in [2.24, 2.45) is 0 Å². The highest BCUT2D eigenvalue weighted by atomic mass is 35.5. The number of carbonyl (C=O) groups is 1. The number of aromatic amines is 1. The molecular weight excluding hydrogens is 285 g/mol. The molecule has 1 N–H and O–H groups in total. The van der Waals surface area contributed by atoms with Gasteiger partial charge < -0.3 is 4.90 Å². The lowest BCUT2D eigenvalue weighted by molar-refractivity contribution is 0.0784. The zero-order chi connectivity index (χ0) is 14.0. The van der Waals surface area contributed by atoms with Gasteiger partial charge in [-0.15, -0.1) is 0 Å². The Hall–Kier alpha value is -1.52. The Morgan fingerprint density at radius 2 is 2.16 bits per heavy atom. The number of aryl methyl sites for hydroxylation is 1. The third-order valence-electron chi connectivity index (χ3n) is 2.83. The van der Waals surface area contributed by atoms with Crippen LogP contribution in [0.2, 0.25) is 10.0 Å². The highest BCUT2D eigenvalue weighted by Crippen LogP contribution is 2.22. The summed E-state index contributed by atoms with van der Waals surface area (Å²) in [7, 11) is 1.72. The summed E-state index contributed by atoms with van der Waals surface area (Å²) in [5.41, 5.74) is 2.16. The molecule has 0 aliphatic carbocycles. The average Bonchev–Trinajstić information content (AvgIpc) is 2.78. The lowest BCUT2D eigenvalue weighted by Gasteiger charge is -2.17. The molecule has 1 aromatic heterocycles. The van der Waals surface area contributed by atoms with Crippen LogP contribution in [0.25, 0.3) is 0 Å². The molecule has 6 heteroatoms. The molecule has 0 saturated heterocycles. The Labute approximate surface area is 121 Å². The number of hydrogen-bond donors (Lipinski definition) is 1. The Morgan fingerprint density at radius 1 is 1.42 bits per heavy atom. The fourth-order valence-corrected chi connectivity index (χ4v) is 2.22. The number of H-pyrrole nitrogens is 1. The van der Waals surface area contributed by atoms with Crippen LogP contribution in [-0.4, -0.2) is 28.1 Å². The standard InChI is InChI=1S/C13H13Cl2N3O/c1-8-11(6-16-17-8)13(19)18(2)7-9-3-4-10(14)5-12(9)15/h3-6H,7H2,1-2H3,(H,16,17). The maximum Gasteiger partial charge on any atom is 0.257 e. The number of nitrogens with one attached hydrogen (secondary N) is 1. The van der Waals surface area contributed by atoms with E-state index in [1.165, 1.54) is 6.20 Å². The smallest absolute Gasteiger partial charge is 0.257 e. The highest BCUT2D eigenvalue weighted by molar-refractivity contribution is 6.35. The molecule has 0 aliphatic rings. The first-order valence-corrected chi connectivity index (χ1v) is 6.44. The van der Waals surface area contributed by atoms with E-state index in [9.17, 15) is 4.79 Å². The number of nitrogens with zero attached hydrogens (tertiary/aromatic N) is 2. The summed E-state index contributed by atoms with van der Waals surface area (Å²) in [6, 6.07) is 5.24. The molecule has 0 atom stereocenters. The largest absolute Gasteiger partial charge is 0.337 e. The van der Waals surface area contributed by atoms with Gasteiger partial charge in [0, 0.05) is 29.3 Å². The Balaban J connectivity index is 2.15. The third-order valence-corrected chi connectivity index (χ3v) is 3.42. The molecule has 19 heavy (non-hydrogen) atoms. The van der Waals surface area contributed by atoms with Gasteiger partial charge in [0.2, 0.25) is 0 Å². The Morgan fingerprint density at radius 3 is 2.74 bits per heavy atom. The summed E-state index contributed by atoms with van der Waals surface area (Å²) in [6.45, 7) is 2.22. The van der Waals surface area contributed by atoms with E-state index in [0.717, 1.165) is 11.3 Å². The highest BCUT2D eigenvalue weighted by Gasteiger charge is 2.16. The normalized spacial score (nSPS) is 10.5. The maximum absolute atomic E-state index is 12.2. The lowest BCUT2D eigenvalue weighted by atomic mass is 10.2. The number of benzene rings is 1. The van der Waals surface area contributed by atoms with Crippen LogP contribution in [-0.2, 0) is 6.54 Å². The number of rotatable bonds is 3. The van der Waals surface area contributed by atoms with Crippen molar-refractivity contribution in [3.05, 3.63) is 51.3 Å². The predicted molar refractivity (Wildman–Crippen MR) is 75.6 cm³/mol. The van der Waals surface area contributed by atoms with Crippen LogP contribution in [0.15, 0.2) is 24.4 Å². The third kappa shape index (κ3) is 3.08. The second kappa shape index (κ2) is 5.63. The molecule has 0 bridgehead atoms. The van der Waals surface area contributed by atoms with Crippen molar-refractivity contribution in [1.29, 1.82) is 0 Å². The van der Waals surface area contributed by atoms with E-state index in [4.69, 9.17) is 23.2 Å². The van der Waals surface area contributed by atoms with Gasteiger partial charge in [0.05, 0.1) is 11.8 Å². The minimum Gasteiger partial charge on any atom is -0.337 e. The summed E-state index contributed by atoms with van der Waals surface area (Å²) in [5.74, 6) is -0.0998. The molecule has 0 unspecified atom stereocenters. The molecule has 0 aliphatic heterocycles. The lowest BCUT2D eigenvalue weighted by Crippen LogP contribution is -2.26. The van der Waals surface area contributed by atoms with Crippen molar-refractivity contribution in [3.63, 3.8) is 0 Å². The molecule has 2 rings (SSSR count). The van der Waals surface area contributed by atoms with Crippen molar-refractivity contribution >= 4 is 29.1 Å². The van der Waals surface area contributed by atoms with E-state index >= 15 is 0 Å². The second-order valence-electron chi connectivity index (χ2n) is 4.31. The average molecular weight is 298 g/mol. The Kier molecular flexibility index (Phi) is 4.12. The SMILES string of the molecule is Cc1[nH]ncc1C(=O)N(C)Cc1ccc(Cl)cc1Cl. The summed E-state index contributed by atoms with van der Waals surface area (Å²) in [4.78, 5) is 13.8. The summed E-state index contributed by atoms with van der Waals surface area (Å²) < 4.78 is 0. The second-order valence-corrected chi connectivity index (χ2v) is 5.15. The molecule has 0 fully saturated rings. The van der Waals surface area contributed by atoms with Gasteiger partial charge in [0.25, 0.3) is 5.91 Å². The van der Waals surface area contributed by atoms with Crippen molar-refractivity contribution in [1.82, 2.24) is 15.1 Å². The molecule has 1 heterocycles. The van der Waals surface area contributed by atoms with E-state index in [2.05, 4.69) is 10.2 Å². The minimum absolute atomic E-state index is 0.0998. The van der Waals surface area contributed by atoms with Gasteiger partial charge in [0.15, 0.2) is 0 Å². The fraction of sp³-hybridized carbons (Fsp3) is 0.231. The number of hydrogen-bond acceptors (Lipinski definition) is 2. The molecule has 1 aromatic carbocycles. The summed E-state index contributed by atoms with van der Waals surface area (Å²) in [6.07, 6.45) is 1.53. The van der Waals surface area contributed by atoms with Gasteiger partial charge in [-0.2, -0.15) is 5.10 Å². The van der Waals surface area contributed by atoms with Crippen LogP contribution in [0.4, 0.5) is 0 Å². The van der Waals surface area contributed by atoms with Gasteiger partial charge in [0.1, 0.15) is 0 Å². The van der Waals surface area contributed by atoms with E-state index in [-0.39, 0.29) is 5.91 Å². The van der Waals surface area contributed by atoms with Gasteiger partial charge in [-0.3, -0.25) is 9.89 Å². The van der Waals surface area contributed by atoms with Crippen molar-refractivity contribution in [2.45, 2.75) is 13.5 Å². The van der Waals surface area contributed by atoms with E-state index in [1.807, 2.05) is 13.0 Å². The van der Waals surface area contributed by atoms with Gasteiger partial charge in [-0.05, 0) is 24.6 Å². The first-order chi connectivity index (χ1) is 8.99. The summed E-state index contributed by atoms with van der Waals surface area (Å²) in [5, 5.41) is 7.72. The number of carbonyl (C=O) groups excluding carboxylic acids is 1. The van der Waals surface area contributed by atoms with Crippen LogP contribution in [0.1, 0.15) is 21.6 Å². The number of halogens is 2. The monoisotopic (exact) mass is 297 g/mol. The number of amides is 1. The summed E-state index contributed by atoms with van der Waals surface area (Å²) >= 11 is 11.9. The van der Waals surface area contributed by atoms with Crippen LogP contribution in [0.3, 0.4) is 0 Å².